The van der Waals surface area contributed by atoms with E-state index in [0.717, 1.165) is 30.5 Å². The molecule has 1 aromatic rings. The van der Waals surface area contributed by atoms with E-state index < -0.39 is 0 Å². The van der Waals surface area contributed by atoms with Gasteiger partial charge in [-0.05, 0) is 48.9 Å². The predicted molar refractivity (Wildman–Crippen MR) is 75.6 cm³/mol. The third-order valence-corrected chi connectivity index (χ3v) is 3.99. The fourth-order valence-corrected chi connectivity index (χ4v) is 2.62. The molecular weight excluding hydrogens is 238 g/mol. The molecule has 1 aliphatic rings. The molecule has 2 heterocycles. The summed E-state index contributed by atoms with van der Waals surface area (Å²) in [6.45, 7) is 7.81. The van der Waals surface area contributed by atoms with Crippen molar-refractivity contribution in [3.63, 3.8) is 0 Å². The fourth-order valence-electron chi connectivity index (χ4n) is 2.62. The van der Waals surface area contributed by atoms with Gasteiger partial charge in [0.25, 0.3) is 0 Å². The number of rotatable bonds is 3. The SMILES string of the molecule is Cc1ccncc1CNC(=O)C1NCCCC1(C)C. The topological polar surface area (TPSA) is 54.0 Å². The van der Waals surface area contributed by atoms with Crippen LogP contribution in [0, 0.1) is 12.3 Å². The second kappa shape index (κ2) is 5.70. The molecule has 1 aromatic heterocycles. The zero-order valence-corrected chi connectivity index (χ0v) is 12.0. The van der Waals surface area contributed by atoms with Crippen molar-refractivity contribution >= 4 is 5.91 Å². The lowest BCUT2D eigenvalue weighted by molar-refractivity contribution is -0.126. The lowest BCUT2D eigenvalue weighted by Gasteiger charge is -2.38. The Bertz CT molecular complexity index is 456. The molecule has 1 fully saturated rings. The first-order valence-corrected chi connectivity index (χ1v) is 6.91. The van der Waals surface area contributed by atoms with Crippen LogP contribution in [0.25, 0.3) is 0 Å². The zero-order valence-electron chi connectivity index (χ0n) is 12.0. The number of carbonyl (C=O) groups is 1. The molecule has 4 nitrogen and oxygen atoms in total. The quantitative estimate of drug-likeness (QED) is 0.872. The van der Waals surface area contributed by atoms with E-state index in [1.807, 2.05) is 19.2 Å². The summed E-state index contributed by atoms with van der Waals surface area (Å²) >= 11 is 0. The van der Waals surface area contributed by atoms with Crippen molar-refractivity contribution in [1.82, 2.24) is 15.6 Å². The lowest BCUT2D eigenvalue weighted by atomic mass is 9.77. The normalized spacial score (nSPS) is 21.9. The molecule has 0 aliphatic carbocycles. The van der Waals surface area contributed by atoms with Gasteiger partial charge in [0.15, 0.2) is 0 Å². The molecule has 4 heteroatoms. The van der Waals surface area contributed by atoms with Gasteiger partial charge in [-0.1, -0.05) is 13.8 Å². The van der Waals surface area contributed by atoms with Crippen LogP contribution in [0.15, 0.2) is 18.5 Å². The lowest BCUT2D eigenvalue weighted by Crippen LogP contribution is -2.55. The van der Waals surface area contributed by atoms with E-state index in [1.165, 1.54) is 0 Å². The first-order chi connectivity index (χ1) is 9.00. The van der Waals surface area contributed by atoms with Gasteiger partial charge in [-0.3, -0.25) is 9.78 Å². The van der Waals surface area contributed by atoms with Crippen LogP contribution in [-0.4, -0.2) is 23.5 Å². The van der Waals surface area contributed by atoms with Gasteiger partial charge < -0.3 is 10.6 Å². The minimum absolute atomic E-state index is 0.0202. The molecule has 1 saturated heterocycles. The number of nitrogens with one attached hydrogen (secondary N) is 2. The highest BCUT2D eigenvalue weighted by molar-refractivity contribution is 5.82. The van der Waals surface area contributed by atoms with Crippen LogP contribution in [0.5, 0.6) is 0 Å². The van der Waals surface area contributed by atoms with Crippen molar-refractivity contribution in [2.45, 2.75) is 46.2 Å². The van der Waals surface area contributed by atoms with E-state index in [1.54, 1.807) is 6.20 Å². The number of hydrogen-bond donors (Lipinski definition) is 2. The summed E-state index contributed by atoms with van der Waals surface area (Å²) in [5.41, 5.74) is 2.25. The second-order valence-electron chi connectivity index (χ2n) is 6.00. The summed E-state index contributed by atoms with van der Waals surface area (Å²) in [6, 6.07) is 1.86. The highest BCUT2D eigenvalue weighted by atomic mass is 16.2. The van der Waals surface area contributed by atoms with E-state index in [0.29, 0.717) is 6.54 Å². The minimum Gasteiger partial charge on any atom is -0.351 e. The first-order valence-electron chi connectivity index (χ1n) is 6.91. The van der Waals surface area contributed by atoms with Crippen LogP contribution >= 0.6 is 0 Å². The number of amides is 1. The molecule has 2 rings (SSSR count). The number of hydrogen-bond acceptors (Lipinski definition) is 3. The largest absolute Gasteiger partial charge is 0.351 e. The van der Waals surface area contributed by atoms with Crippen LogP contribution in [0.3, 0.4) is 0 Å². The molecule has 0 aromatic carbocycles. The molecule has 0 spiro atoms. The van der Waals surface area contributed by atoms with E-state index in [2.05, 4.69) is 29.5 Å². The maximum atomic E-state index is 12.3. The molecule has 1 aliphatic heterocycles. The number of carbonyl (C=O) groups excluding carboxylic acids is 1. The molecular formula is C15H23N3O. The van der Waals surface area contributed by atoms with Gasteiger partial charge >= 0.3 is 0 Å². The smallest absolute Gasteiger partial charge is 0.237 e. The van der Waals surface area contributed by atoms with Gasteiger partial charge in [0, 0.05) is 18.9 Å². The number of piperidine rings is 1. The van der Waals surface area contributed by atoms with Crippen molar-refractivity contribution in [3.8, 4) is 0 Å². The molecule has 19 heavy (non-hydrogen) atoms. The first kappa shape index (κ1) is 14.0. The highest BCUT2D eigenvalue weighted by Crippen LogP contribution is 2.30. The molecule has 0 radical (unpaired) electrons. The third-order valence-electron chi connectivity index (χ3n) is 3.99. The summed E-state index contributed by atoms with van der Waals surface area (Å²) in [4.78, 5) is 16.4. The Balaban J connectivity index is 1.96. The summed E-state index contributed by atoms with van der Waals surface area (Å²) in [7, 11) is 0. The molecule has 1 unspecified atom stereocenters. The summed E-state index contributed by atoms with van der Waals surface area (Å²) in [5, 5.41) is 6.36. The monoisotopic (exact) mass is 261 g/mol. The summed E-state index contributed by atoms with van der Waals surface area (Å²) in [6.07, 6.45) is 5.81. The van der Waals surface area contributed by atoms with Gasteiger partial charge in [0.2, 0.25) is 5.91 Å². The molecule has 0 saturated carbocycles. The molecule has 0 bridgehead atoms. The Morgan fingerprint density at radius 2 is 2.37 bits per heavy atom. The number of nitrogens with zero attached hydrogens (tertiary/aromatic N) is 1. The Hall–Kier alpha value is -1.42. The maximum absolute atomic E-state index is 12.3. The molecule has 1 amide bonds. The number of aromatic nitrogens is 1. The van der Waals surface area contributed by atoms with Crippen LogP contribution in [-0.2, 0) is 11.3 Å². The van der Waals surface area contributed by atoms with Crippen LogP contribution < -0.4 is 10.6 Å². The Morgan fingerprint density at radius 3 is 3.05 bits per heavy atom. The zero-order chi connectivity index (χ0) is 13.9. The Morgan fingerprint density at radius 1 is 1.58 bits per heavy atom. The highest BCUT2D eigenvalue weighted by Gasteiger charge is 2.36. The van der Waals surface area contributed by atoms with Crippen molar-refractivity contribution in [2.24, 2.45) is 5.41 Å². The van der Waals surface area contributed by atoms with E-state index >= 15 is 0 Å². The van der Waals surface area contributed by atoms with Crippen molar-refractivity contribution in [3.05, 3.63) is 29.6 Å². The van der Waals surface area contributed by atoms with Gasteiger partial charge in [-0.25, -0.2) is 0 Å². The number of pyridine rings is 1. The van der Waals surface area contributed by atoms with Gasteiger partial charge in [-0.2, -0.15) is 0 Å². The standard InChI is InChI=1S/C15H23N3O/c1-11-5-8-16-9-12(11)10-18-14(19)13-15(2,3)6-4-7-17-13/h5,8-9,13,17H,4,6-7,10H2,1-3H3,(H,18,19). The van der Waals surface area contributed by atoms with Crippen molar-refractivity contribution < 1.29 is 4.79 Å². The number of aryl methyl sites for hydroxylation is 1. The molecule has 2 N–H and O–H groups in total. The predicted octanol–water partition coefficient (Wildman–Crippen LogP) is 1.78. The molecule has 104 valence electrons. The van der Waals surface area contributed by atoms with Gasteiger partial charge in [-0.15, -0.1) is 0 Å². The Labute approximate surface area is 115 Å². The third kappa shape index (κ3) is 3.32. The van der Waals surface area contributed by atoms with Gasteiger partial charge in [0.1, 0.15) is 0 Å². The average Bonchev–Trinajstić information content (AvgIpc) is 2.37. The maximum Gasteiger partial charge on any atom is 0.237 e. The van der Waals surface area contributed by atoms with Gasteiger partial charge in [0.05, 0.1) is 6.04 Å². The minimum atomic E-state index is -0.0989. The summed E-state index contributed by atoms with van der Waals surface area (Å²) in [5.74, 6) is 0.0907. The van der Waals surface area contributed by atoms with Crippen molar-refractivity contribution in [2.75, 3.05) is 6.54 Å². The van der Waals surface area contributed by atoms with Crippen LogP contribution in [0.4, 0.5) is 0 Å². The van der Waals surface area contributed by atoms with Crippen molar-refractivity contribution in [1.29, 1.82) is 0 Å². The fraction of sp³-hybridized carbons (Fsp3) is 0.600. The molecule has 1 atom stereocenters. The van der Waals surface area contributed by atoms with E-state index in [-0.39, 0.29) is 17.4 Å². The second-order valence-corrected chi connectivity index (χ2v) is 6.00. The van der Waals surface area contributed by atoms with Crippen LogP contribution in [0.1, 0.15) is 37.8 Å². The van der Waals surface area contributed by atoms with E-state index in [4.69, 9.17) is 0 Å². The summed E-state index contributed by atoms with van der Waals surface area (Å²) < 4.78 is 0. The average molecular weight is 261 g/mol. The Kier molecular flexibility index (Phi) is 4.20. The van der Waals surface area contributed by atoms with E-state index in [9.17, 15) is 4.79 Å². The van der Waals surface area contributed by atoms with Crippen LogP contribution in [0.2, 0.25) is 0 Å².